The molecule has 114 valence electrons. The van der Waals surface area contributed by atoms with Crippen molar-refractivity contribution in [1.82, 2.24) is 0 Å². The van der Waals surface area contributed by atoms with Crippen LogP contribution in [0.1, 0.15) is 26.3 Å². The van der Waals surface area contributed by atoms with Crippen molar-refractivity contribution in [1.29, 1.82) is 5.26 Å². The highest BCUT2D eigenvalue weighted by Crippen LogP contribution is 2.34. The molecule has 2 amide bonds. The van der Waals surface area contributed by atoms with Crippen molar-refractivity contribution in [2.45, 2.75) is 0 Å². The molecule has 3 aromatic rings. The summed E-state index contributed by atoms with van der Waals surface area (Å²) in [6, 6.07) is 17.2. The lowest BCUT2D eigenvalue weighted by Crippen LogP contribution is -2.40. The quantitative estimate of drug-likeness (QED) is 0.628. The Hall–Kier alpha value is -3.16. The average Bonchev–Trinajstić information content (AvgIpc) is 2.60. The Morgan fingerprint density at radius 1 is 0.917 bits per heavy atom. The molecule has 3 aromatic carbocycles. The van der Waals surface area contributed by atoms with Gasteiger partial charge in [0.1, 0.15) is 6.07 Å². The zero-order valence-electron chi connectivity index (χ0n) is 12.3. The molecule has 4 nitrogen and oxygen atoms in total. The fourth-order valence-corrected chi connectivity index (χ4v) is 3.20. The average molecular weight is 333 g/mol. The van der Waals surface area contributed by atoms with Crippen LogP contribution in [0.4, 0.5) is 5.69 Å². The third-order valence-corrected chi connectivity index (χ3v) is 4.33. The van der Waals surface area contributed by atoms with Gasteiger partial charge in [-0.05, 0) is 35.7 Å². The Bertz CT molecular complexity index is 1030. The maximum Gasteiger partial charge on any atom is 0.266 e. The van der Waals surface area contributed by atoms with Crippen molar-refractivity contribution in [3.8, 4) is 6.07 Å². The SMILES string of the molecule is N#Cc1ccc(Cl)cc1N1C(=O)c2cccc3cccc(c23)C1=O. The largest absolute Gasteiger partial charge is 0.268 e. The zero-order valence-corrected chi connectivity index (χ0v) is 13.0. The van der Waals surface area contributed by atoms with E-state index in [9.17, 15) is 14.9 Å². The van der Waals surface area contributed by atoms with Crippen LogP contribution in [0.15, 0.2) is 54.6 Å². The van der Waals surface area contributed by atoms with Crippen LogP contribution in [0.3, 0.4) is 0 Å². The number of imide groups is 1. The Morgan fingerprint density at radius 2 is 1.54 bits per heavy atom. The Labute approximate surface area is 142 Å². The summed E-state index contributed by atoms with van der Waals surface area (Å²) in [7, 11) is 0. The fourth-order valence-electron chi connectivity index (χ4n) is 3.03. The molecule has 0 bridgehead atoms. The minimum atomic E-state index is -0.455. The number of amides is 2. The first-order chi connectivity index (χ1) is 11.6. The summed E-state index contributed by atoms with van der Waals surface area (Å²) in [5.41, 5.74) is 1.29. The molecule has 1 heterocycles. The van der Waals surface area contributed by atoms with Crippen LogP contribution in [0, 0.1) is 11.3 Å². The van der Waals surface area contributed by atoms with Gasteiger partial charge < -0.3 is 0 Å². The second-order valence-electron chi connectivity index (χ2n) is 5.43. The summed E-state index contributed by atoms with van der Waals surface area (Å²) in [5.74, 6) is -0.911. The second kappa shape index (κ2) is 5.19. The van der Waals surface area contributed by atoms with Gasteiger partial charge in [-0.15, -0.1) is 0 Å². The van der Waals surface area contributed by atoms with Gasteiger partial charge in [0.25, 0.3) is 11.8 Å². The Kier molecular flexibility index (Phi) is 3.12. The van der Waals surface area contributed by atoms with E-state index in [0.717, 1.165) is 10.3 Å². The summed E-state index contributed by atoms with van der Waals surface area (Å²) >= 11 is 6.01. The molecule has 0 spiro atoms. The number of halogens is 1. The van der Waals surface area contributed by atoms with E-state index in [1.165, 1.54) is 12.1 Å². The van der Waals surface area contributed by atoms with Crippen LogP contribution < -0.4 is 4.90 Å². The first kappa shape index (κ1) is 14.4. The van der Waals surface area contributed by atoms with E-state index in [0.29, 0.717) is 21.5 Å². The molecule has 24 heavy (non-hydrogen) atoms. The minimum Gasteiger partial charge on any atom is -0.268 e. The highest BCUT2D eigenvalue weighted by Gasteiger charge is 2.35. The van der Waals surface area contributed by atoms with Crippen LogP contribution in [0.5, 0.6) is 0 Å². The van der Waals surface area contributed by atoms with Crippen LogP contribution in [-0.2, 0) is 0 Å². The number of anilines is 1. The normalized spacial score (nSPS) is 13.2. The van der Waals surface area contributed by atoms with E-state index in [2.05, 4.69) is 0 Å². The van der Waals surface area contributed by atoms with Gasteiger partial charge in [-0.2, -0.15) is 5.26 Å². The van der Waals surface area contributed by atoms with E-state index in [-0.39, 0.29) is 11.3 Å². The van der Waals surface area contributed by atoms with Crippen LogP contribution in [0.25, 0.3) is 10.8 Å². The molecule has 0 radical (unpaired) electrons. The number of hydrogen-bond acceptors (Lipinski definition) is 3. The molecule has 5 heteroatoms. The van der Waals surface area contributed by atoms with E-state index >= 15 is 0 Å². The smallest absolute Gasteiger partial charge is 0.266 e. The Morgan fingerprint density at radius 3 is 2.12 bits per heavy atom. The topological polar surface area (TPSA) is 61.2 Å². The van der Waals surface area contributed by atoms with Crippen molar-refractivity contribution in [3.63, 3.8) is 0 Å². The highest BCUT2D eigenvalue weighted by molar-refractivity contribution is 6.36. The monoisotopic (exact) mass is 332 g/mol. The number of nitriles is 1. The number of rotatable bonds is 1. The summed E-state index contributed by atoms with van der Waals surface area (Å²) in [6.45, 7) is 0. The number of hydrogen-bond donors (Lipinski definition) is 0. The van der Waals surface area contributed by atoms with Crippen molar-refractivity contribution in [2.75, 3.05) is 4.90 Å². The number of carbonyl (C=O) groups is 2. The van der Waals surface area contributed by atoms with Gasteiger partial charge in [0.2, 0.25) is 0 Å². The van der Waals surface area contributed by atoms with Crippen LogP contribution in [-0.4, -0.2) is 11.8 Å². The predicted molar refractivity (Wildman–Crippen MR) is 91.3 cm³/mol. The van der Waals surface area contributed by atoms with Gasteiger partial charge >= 0.3 is 0 Å². The maximum absolute atomic E-state index is 12.9. The molecular formula is C19H9ClN2O2. The van der Waals surface area contributed by atoms with Crippen molar-refractivity contribution < 1.29 is 9.59 Å². The van der Waals surface area contributed by atoms with Gasteiger partial charge in [0, 0.05) is 21.5 Å². The lowest BCUT2D eigenvalue weighted by molar-refractivity contribution is 0.0893. The first-order valence-corrected chi connectivity index (χ1v) is 7.60. The summed E-state index contributed by atoms with van der Waals surface area (Å²) in [5, 5.41) is 11.1. The molecule has 0 unspecified atom stereocenters. The van der Waals surface area contributed by atoms with Gasteiger partial charge in [0.15, 0.2) is 0 Å². The number of benzene rings is 3. The molecule has 1 aliphatic rings. The molecule has 0 aliphatic carbocycles. The molecule has 0 atom stereocenters. The third-order valence-electron chi connectivity index (χ3n) is 4.09. The third kappa shape index (κ3) is 1.92. The standard InChI is InChI=1S/C19H9ClN2O2/c20-13-8-7-12(10-21)16(9-13)22-18(23)14-5-1-3-11-4-2-6-15(17(11)14)19(22)24/h1-9H. The van der Waals surface area contributed by atoms with Crippen LogP contribution in [0.2, 0.25) is 5.02 Å². The molecule has 1 aliphatic heterocycles. The van der Waals surface area contributed by atoms with E-state index in [4.69, 9.17) is 11.6 Å². The van der Waals surface area contributed by atoms with Gasteiger partial charge in [-0.25, -0.2) is 4.90 Å². The van der Waals surface area contributed by atoms with E-state index < -0.39 is 11.8 Å². The molecule has 4 rings (SSSR count). The van der Waals surface area contributed by atoms with Crippen molar-refractivity contribution in [2.24, 2.45) is 0 Å². The molecule has 0 aromatic heterocycles. The number of carbonyl (C=O) groups excluding carboxylic acids is 2. The van der Waals surface area contributed by atoms with Crippen molar-refractivity contribution in [3.05, 3.63) is 76.3 Å². The summed E-state index contributed by atoms with van der Waals surface area (Å²) in [4.78, 5) is 26.9. The van der Waals surface area contributed by atoms with Crippen LogP contribution >= 0.6 is 11.6 Å². The molecule has 0 fully saturated rings. The zero-order chi connectivity index (χ0) is 16.8. The molecule has 0 saturated carbocycles. The van der Waals surface area contributed by atoms with E-state index in [1.807, 2.05) is 18.2 Å². The lowest BCUT2D eigenvalue weighted by Gasteiger charge is -2.27. The van der Waals surface area contributed by atoms with Gasteiger partial charge in [0.05, 0.1) is 11.3 Å². The lowest BCUT2D eigenvalue weighted by atomic mass is 9.93. The fraction of sp³-hybridized carbons (Fsp3) is 0. The predicted octanol–water partition coefficient (Wildman–Crippen LogP) is 4.17. The molecule has 0 saturated heterocycles. The maximum atomic E-state index is 12.9. The minimum absolute atomic E-state index is 0.200. The van der Waals surface area contributed by atoms with Gasteiger partial charge in [-0.1, -0.05) is 35.9 Å². The summed E-state index contributed by atoms with van der Waals surface area (Å²) < 4.78 is 0. The van der Waals surface area contributed by atoms with E-state index in [1.54, 1.807) is 30.3 Å². The molecule has 0 N–H and O–H groups in total. The number of nitrogens with zero attached hydrogens (tertiary/aromatic N) is 2. The van der Waals surface area contributed by atoms with Crippen molar-refractivity contribution >= 4 is 39.9 Å². The highest BCUT2D eigenvalue weighted by atomic mass is 35.5. The first-order valence-electron chi connectivity index (χ1n) is 7.22. The van der Waals surface area contributed by atoms with Gasteiger partial charge in [-0.3, -0.25) is 9.59 Å². The summed E-state index contributed by atoms with van der Waals surface area (Å²) in [6.07, 6.45) is 0. The second-order valence-corrected chi connectivity index (χ2v) is 5.86. The molecular weight excluding hydrogens is 324 g/mol. The Balaban J connectivity index is 2.02.